The number of ether oxygens (including phenoxy) is 2. The molecule has 1 rings (SSSR count). The van der Waals surface area contributed by atoms with Crippen molar-refractivity contribution in [3.63, 3.8) is 0 Å². The van der Waals surface area contributed by atoms with Gasteiger partial charge in [0.2, 0.25) is 0 Å². The lowest BCUT2D eigenvalue weighted by molar-refractivity contribution is 0.123. The van der Waals surface area contributed by atoms with Crippen LogP contribution in [0.1, 0.15) is 23.6 Å². The van der Waals surface area contributed by atoms with Crippen molar-refractivity contribution < 1.29 is 14.3 Å². The normalized spacial score (nSPS) is 9.87. The molecule has 1 aromatic rings. The number of carbonyl (C=O) groups is 1. The average Bonchev–Trinajstić information content (AvgIpc) is 2.13. The first-order chi connectivity index (χ1) is 7.04. The van der Waals surface area contributed by atoms with Gasteiger partial charge in [-0.05, 0) is 50.5 Å². The minimum atomic E-state index is -0.703. The molecule has 0 heterocycles. The van der Waals surface area contributed by atoms with Gasteiger partial charge in [0.15, 0.2) is 0 Å². The molecule has 0 saturated heterocycles. The molecule has 0 aromatic heterocycles. The Bertz CT molecular complexity index is 369. The highest BCUT2D eigenvalue weighted by Crippen LogP contribution is 2.23. The average molecular weight is 207 g/mol. The molecule has 0 amide bonds. The van der Waals surface area contributed by atoms with E-state index in [-0.39, 0.29) is 0 Å². The van der Waals surface area contributed by atoms with Gasteiger partial charge >= 0.3 is 6.16 Å². The van der Waals surface area contributed by atoms with E-state index in [1.807, 2.05) is 32.9 Å². The molecular formula is C12H15O3. The predicted molar refractivity (Wildman–Crippen MR) is 57.7 cm³/mol. The van der Waals surface area contributed by atoms with Gasteiger partial charge in [-0.25, -0.2) is 4.79 Å². The van der Waals surface area contributed by atoms with Gasteiger partial charge in [0, 0.05) is 0 Å². The Hall–Kier alpha value is -1.51. The van der Waals surface area contributed by atoms with Crippen LogP contribution in [0.5, 0.6) is 5.75 Å². The van der Waals surface area contributed by atoms with E-state index in [4.69, 9.17) is 4.74 Å². The molecule has 0 N–H and O–H groups in total. The Balaban J connectivity index is 2.89. The summed E-state index contributed by atoms with van der Waals surface area (Å²) in [6.45, 7) is 8.76. The minimum Gasteiger partial charge on any atom is -0.427 e. The highest BCUT2D eigenvalue weighted by Gasteiger charge is 2.09. The predicted octanol–water partition coefficient (Wildman–Crippen LogP) is 3.31. The third-order valence-electron chi connectivity index (χ3n) is 2.17. The standard InChI is InChI=1S/C12H15O3/c1-5-14-12(13)15-11-7-8(2)6-9(3)10(11)4/h5-7H,1-4H3. The summed E-state index contributed by atoms with van der Waals surface area (Å²) < 4.78 is 9.65. The molecule has 0 bridgehead atoms. The Labute approximate surface area is 90.0 Å². The van der Waals surface area contributed by atoms with Gasteiger partial charge in [0.1, 0.15) is 12.4 Å². The molecule has 1 aromatic carbocycles. The van der Waals surface area contributed by atoms with Gasteiger partial charge < -0.3 is 9.47 Å². The fourth-order valence-electron chi connectivity index (χ4n) is 1.32. The van der Waals surface area contributed by atoms with Crippen LogP contribution in [-0.2, 0) is 4.74 Å². The zero-order valence-corrected chi connectivity index (χ0v) is 9.46. The Morgan fingerprint density at radius 1 is 1.27 bits per heavy atom. The van der Waals surface area contributed by atoms with Crippen molar-refractivity contribution in [2.75, 3.05) is 0 Å². The number of rotatable bonds is 2. The first-order valence-corrected chi connectivity index (χ1v) is 4.78. The summed E-state index contributed by atoms with van der Waals surface area (Å²) in [4.78, 5) is 11.1. The molecule has 0 spiro atoms. The molecule has 81 valence electrons. The molecule has 0 fully saturated rings. The maximum Gasteiger partial charge on any atom is 0.514 e. The topological polar surface area (TPSA) is 35.5 Å². The molecule has 0 aliphatic carbocycles. The van der Waals surface area contributed by atoms with E-state index in [1.54, 1.807) is 6.92 Å². The van der Waals surface area contributed by atoms with Gasteiger partial charge in [-0.1, -0.05) is 6.07 Å². The Kier molecular flexibility index (Phi) is 3.72. The molecular weight excluding hydrogens is 192 g/mol. The molecule has 15 heavy (non-hydrogen) atoms. The van der Waals surface area contributed by atoms with Crippen LogP contribution in [0.3, 0.4) is 0 Å². The van der Waals surface area contributed by atoms with Gasteiger partial charge in [-0.3, -0.25) is 0 Å². The molecule has 0 saturated carbocycles. The monoisotopic (exact) mass is 207 g/mol. The van der Waals surface area contributed by atoms with Crippen LogP contribution in [0.15, 0.2) is 12.1 Å². The second kappa shape index (κ2) is 4.82. The molecule has 1 radical (unpaired) electrons. The fraction of sp³-hybridized carbons (Fsp3) is 0.333. The van der Waals surface area contributed by atoms with Crippen LogP contribution >= 0.6 is 0 Å². The summed E-state index contributed by atoms with van der Waals surface area (Å²) >= 11 is 0. The summed E-state index contributed by atoms with van der Waals surface area (Å²) in [5, 5.41) is 0. The van der Waals surface area contributed by atoms with Gasteiger partial charge in [-0.15, -0.1) is 0 Å². The van der Waals surface area contributed by atoms with Crippen molar-refractivity contribution in [2.24, 2.45) is 0 Å². The van der Waals surface area contributed by atoms with Gasteiger partial charge in [-0.2, -0.15) is 0 Å². The summed E-state index contributed by atoms with van der Waals surface area (Å²) in [6, 6.07) is 3.86. The Morgan fingerprint density at radius 2 is 1.93 bits per heavy atom. The SMILES string of the molecule is C[CH]OC(=O)Oc1cc(C)cc(C)c1C. The van der Waals surface area contributed by atoms with Crippen molar-refractivity contribution in [1.82, 2.24) is 0 Å². The van der Waals surface area contributed by atoms with E-state index in [0.717, 1.165) is 16.7 Å². The largest absolute Gasteiger partial charge is 0.514 e. The summed E-state index contributed by atoms with van der Waals surface area (Å²) in [5.74, 6) is 0.555. The highest BCUT2D eigenvalue weighted by molar-refractivity contribution is 5.65. The minimum absolute atomic E-state index is 0.555. The number of hydrogen-bond acceptors (Lipinski definition) is 3. The van der Waals surface area contributed by atoms with Crippen molar-refractivity contribution in [2.45, 2.75) is 27.7 Å². The lowest BCUT2D eigenvalue weighted by atomic mass is 10.1. The zero-order chi connectivity index (χ0) is 11.4. The van der Waals surface area contributed by atoms with E-state index in [0.29, 0.717) is 5.75 Å². The lowest BCUT2D eigenvalue weighted by Crippen LogP contribution is -2.09. The maximum atomic E-state index is 11.1. The molecule has 3 nitrogen and oxygen atoms in total. The molecule has 0 unspecified atom stereocenters. The smallest absolute Gasteiger partial charge is 0.427 e. The second-order valence-electron chi connectivity index (χ2n) is 3.41. The molecule has 0 aliphatic rings. The highest BCUT2D eigenvalue weighted by atomic mass is 16.7. The van der Waals surface area contributed by atoms with Gasteiger partial charge in [0.05, 0.1) is 0 Å². The van der Waals surface area contributed by atoms with E-state index in [1.165, 1.54) is 6.61 Å². The van der Waals surface area contributed by atoms with Crippen LogP contribution in [-0.4, -0.2) is 6.16 Å². The van der Waals surface area contributed by atoms with Crippen molar-refractivity contribution in [3.8, 4) is 5.75 Å². The quantitative estimate of drug-likeness (QED) is 0.551. The van der Waals surface area contributed by atoms with Crippen LogP contribution < -0.4 is 4.74 Å². The first-order valence-electron chi connectivity index (χ1n) is 4.78. The van der Waals surface area contributed by atoms with E-state index in [2.05, 4.69) is 4.74 Å². The van der Waals surface area contributed by atoms with E-state index in [9.17, 15) is 4.79 Å². The summed E-state index contributed by atoms with van der Waals surface area (Å²) in [5.41, 5.74) is 3.10. The van der Waals surface area contributed by atoms with E-state index >= 15 is 0 Å². The van der Waals surface area contributed by atoms with Gasteiger partial charge in [0.25, 0.3) is 0 Å². The van der Waals surface area contributed by atoms with Crippen molar-refractivity contribution in [1.29, 1.82) is 0 Å². The number of carbonyl (C=O) groups excluding carboxylic acids is 1. The van der Waals surface area contributed by atoms with Crippen LogP contribution in [0.2, 0.25) is 0 Å². The Morgan fingerprint density at radius 3 is 2.53 bits per heavy atom. The number of aryl methyl sites for hydroxylation is 2. The third kappa shape index (κ3) is 2.98. The second-order valence-corrected chi connectivity index (χ2v) is 3.41. The zero-order valence-electron chi connectivity index (χ0n) is 9.46. The first kappa shape index (κ1) is 11.6. The van der Waals surface area contributed by atoms with E-state index < -0.39 is 6.16 Å². The molecule has 0 atom stereocenters. The van der Waals surface area contributed by atoms with Crippen molar-refractivity contribution >= 4 is 6.16 Å². The maximum absolute atomic E-state index is 11.1. The number of hydrogen-bond donors (Lipinski definition) is 0. The fourth-order valence-corrected chi connectivity index (χ4v) is 1.32. The molecule has 3 heteroatoms. The third-order valence-corrected chi connectivity index (χ3v) is 2.17. The van der Waals surface area contributed by atoms with Crippen LogP contribution in [0.4, 0.5) is 4.79 Å². The molecule has 0 aliphatic heterocycles. The summed E-state index contributed by atoms with van der Waals surface area (Å²) in [7, 11) is 0. The van der Waals surface area contributed by atoms with Crippen LogP contribution in [0.25, 0.3) is 0 Å². The van der Waals surface area contributed by atoms with Crippen LogP contribution in [0, 0.1) is 27.4 Å². The number of benzene rings is 1. The lowest BCUT2D eigenvalue weighted by Gasteiger charge is -2.10. The summed E-state index contributed by atoms with van der Waals surface area (Å²) in [6.07, 6.45) is -0.703. The van der Waals surface area contributed by atoms with Crippen molar-refractivity contribution in [3.05, 3.63) is 35.4 Å².